The van der Waals surface area contributed by atoms with Gasteiger partial charge in [-0.3, -0.25) is 4.79 Å². The highest BCUT2D eigenvalue weighted by Gasteiger charge is 2.65. The van der Waals surface area contributed by atoms with Gasteiger partial charge in [0.1, 0.15) is 5.60 Å². The second-order valence-electron chi connectivity index (χ2n) is 6.45. The number of carbonyl (C=O) groups is 1. The molecular formula is C13H20O3. The third kappa shape index (κ3) is 1.33. The molecule has 4 aliphatic rings. The lowest BCUT2D eigenvalue weighted by molar-refractivity contribution is -0.171. The van der Waals surface area contributed by atoms with E-state index in [0.29, 0.717) is 18.3 Å². The first-order chi connectivity index (χ1) is 7.42. The van der Waals surface area contributed by atoms with Crippen molar-refractivity contribution in [1.29, 1.82) is 0 Å². The molecule has 0 saturated heterocycles. The molecule has 4 unspecified atom stereocenters. The van der Waals surface area contributed by atoms with E-state index in [4.69, 9.17) is 4.74 Å². The van der Waals surface area contributed by atoms with Crippen LogP contribution in [0, 0.1) is 17.8 Å². The summed E-state index contributed by atoms with van der Waals surface area (Å²) in [6.45, 7) is 3.73. The third-order valence-electron chi connectivity index (χ3n) is 4.72. The Morgan fingerprint density at radius 3 is 2.69 bits per heavy atom. The van der Waals surface area contributed by atoms with Gasteiger partial charge in [-0.2, -0.15) is 0 Å². The van der Waals surface area contributed by atoms with Crippen molar-refractivity contribution in [2.75, 3.05) is 0 Å². The Morgan fingerprint density at radius 2 is 2.12 bits per heavy atom. The summed E-state index contributed by atoms with van der Waals surface area (Å²) in [4.78, 5) is 11.7. The van der Waals surface area contributed by atoms with Crippen LogP contribution in [0.2, 0.25) is 0 Å². The van der Waals surface area contributed by atoms with E-state index < -0.39 is 5.60 Å². The zero-order valence-electron chi connectivity index (χ0n) is 10.0. The normalized spacial score (nSPS) is 49.0. The number of ether oxygens (including phenoxy) is 1. The molecule has 3 nitrogen and oxygen atoms in total. The van der Waals surface area contributed by atoms with Crippen molar-refractivity contribution in [3.63, 3.8) is 0 Å². The molecule has 0 aromatic carbocycles. The number of esters is 1. The Balaban J connectivity index is 1.79. The molecule has 4 rings (SSSR count). The van der Waals surface area contributed by atoms with Crippen LogP contribution >= 0.6 is 0 Å². The fraction of sp³-hybridized carbons (Fsp3) is 0.923. The number of rotatable bonds is 2. The van der Waals surface area contributed by atoms with E-state index in [9.17, 15) is 9.90 Å². The number of hydrogen-bond donors (Lipinski definition) is 1. The number of aliphatic hydroxyl groups is 1. The summed E-state index contributed by atoms with van der Waals surface area (Å²) in [6, 6.07) is 0. The van der Waals surface area contributed by atoms with Gasteiger partial charge in [0.2, 0.25) is 0 Å². The molecule has 90 valence electrons. The zero-order valence-corrected chi connectivity index (χ0v) is 10.0. The first-order valence-corrected chi connectivity index (χ1v) is 6.38. The van der Waals surface area contributed by atoms with Crippen molar-refractivity contribution in [3.05, 3.63) is 0 Å². The largest absolute Gasteiger partial charge is 0.459 e. The van der Waals surface area contributed by atoms with Gasteiger partial charge in [0, 0.05) is 6.42 Å². The van der Waals surface area contributed by atoms with Gasteiger partial charge in [0.05, 0.1) is 11.5 Å². The molecule has 4 atom stereocenters. The summed E-state index contributed by atoms with van der Waals surface area (Å²) >= 11 is 0. The Labute approximate surface area is 96.2 Å². The van der Waals surface area contributed by atoms with Crippen molar-refractivity contribution in [2.45, 2.75) is 57.2 Å². The minimum atomic E-state index is -0.514. The van der Waals surface area contributed by atoms with E-state index >= 15 is 0 Å². The molecule has 4 bridgehead atoms. The second-order valence-corrected chi connectivity index (χ2v) is 6.45. The summed E-state index contributed by atoms with van der Waals surface area (Å²) in [5.74, 6) is 0.788. The molecule has 0 radical (unpaired) electrons. The minimum Gasteiger partial charge on any atom is -0.459 e. The molecule has 16 heavy (non-hydrogen) atoms. The van der Waals surface area contributed by atoms with E-state index in [1.807, 2.05) is 13.8 Å². The monoisotopic (exact) mass is 224 g/mol. The average molecular weight is 224 g/mol. The van der Waals surface area contributed by atoms with Crippen LogP contribution in [0.5, 0.6) is 0 Å². The topological polar surface area (TPSA) is 46.5 Å². The maximum Gasteiger partial charge on any atom is 0.308 e. The smallest absolute Gasteiger partial charge is 0.308 e. The van der Waals surface area contributed by atoms with Gasteiger partial charge in [0.15, 0.2) is 0 Å². The van der Waals surface area contributed by atoms with Crippen LogP contribution in [0.25, 0.3) is 0 Å². The second kappa shape index (κ2) is 3.00. The van der Waals surface area contributed by atoms with E-state index in [2.05, 4.69) is 0 Å². The fourth-order valence-corrected chi connectivity index (χ4v) is 4.23. The molecule has 1 N–H and O–H groups in total. The predicted molar refractivity (Wildman–Crippen MR) is 58.7 cm³/mol. The Bertz CT molecular complexity index is 338. The summed E-state index contributed by atoms with van der Waals surface area (Å²) in [5, 5.41) is 10.5. The maximum absolute atomic E-state index is 11.7. The van der Waals surface area contributed by atoms with Gasteiger partial charge >= 0.3 is 5.97 Å². The van der Waals surface area contributed by atoms with Crippen molar-refractivity contribution < 1.29 is 14.6 Å². The Kier molecular flexibility index (Phi) is 1.99. The van der Waals surface area contributed by atoms with Crippen LogP contribution in [0.15, 0.2) is 0 Å². The Morgan fingerprint density at radius 1 is 1.38 bits per heavy atom. The van der Waals surface area contributed by atoms with E-state index in [0.717, 1.165) is 25.7 Å². The van der Waals surface area contributed by atoms with Crippen LogP contribution in [0.4, 0.5) is 0 Å². The first-order valence-electron chi connectivity index (χ1n) is 6.38. The molecule has 4 saturated carbocycles. The molecule has 0 amide bonds. The molecule has 0 aliphatic heterocycles. The molecule has 0 aromatic heterocycles. The summed E-state index contributed by atoms with van der Waals surface area (Å²) in [6.07, 6.45) is 4.61. The van der Waals surface area contributed by atoms with Gasteiger partial charge in [-0.15, -0.1) is 0 Å². The van der Waals surface area contributed by atoms with Gasteiger partial charge in [0.25, 0.3) is 0 Å². The quantitative estimate of drug-likeness (QED) is 0.728. The van der Waals surface area contributed by atoms with E-state index in [1.165, 1.54) is 0 Å². The molecule has 0 aromatic rings. The van der Waals surface area contributed by atoms with E-state index in [1.54, 1.807) is 0 Å². The molecule has 0 spiro atoms. The molecule has 4 aliphatic carbocycles. The van der Waals surface area contributed by atoms with Crippen LogP contribution in [-0.2, 0) is 9.53 Å². The van der Waals surface area contributed by atoms with E-state index in [-0.39, 0.29) is 17.5 Å². The van der Waals surface area contributed by atoms with Crippen molar-refractivity contribution in [1.82, 2.24) is 0 Å². The zero-order chi connectivity index (χ0) is 11.6. The predicted octanol–water partition coefficient (Wildman–Crippen LogP) is 1.88. The van der Waals surface area contributed by atoms with Gasteiger partial charge < -0.3 is 9.84 Å². The Hall–Kier alpha value is -0.570. The lowest BCUT2D eigenvalue weighted by atomic mass is 9.77. The first kappa shape index (κ1) is 10.6. The summed E-state index contributed by atoms with van der Waals surface area (Å²) in [7, 11) is 0. The highest BCUT2D eigenvalue weighted by Crippen LogP contribution is 2.63. The standard InChI is InChI=1S/C13H20O3/c1-8(2)11(14)16-12-4-9-3-10(6-12)13(15,5-9)7-12/h8-10,15H,3-7H2,1-2H3. The summed E-state index contributed by atoms with van der Waals surface area (Å²) in [5.41, 5.74) is -0.831. The average Bonchev–Trinajstić information content (AvgIpc) is 2.46. The third-order valence-corrected chi connectivity index (χ3v) is 4.72. The maximum atomic E-state index is 11.7. The molecular weight excluding hydrogens is 204 g/mol. The van der Waals surface area contributed by atoms with Crippen molar-refractivity contribution in [2.24, 2.45) is 17.8 Å². The van der Waals surface area contributed by atoms with Crippen molar-refractivity contribution in [3.8, 4) is 0 Å². The van der Waals surface area contributed by atoms with Gasteiger partial charge in [-0.1, -0.05) is 13.8 Å². The highest BCUT2D eigenvalue weighted by atomic mass is 16.6. The lowest BCUT2D eigenvalue weighted by Gasteiger charge is -2.39. The van der Waals surface area contributed by atoms with Crippen LogP contribution in [0.3, 0.4) is 0 Å². The lowest BCUT2D eigenvalue weighted by Crippen LogP contribution is -2.42. The van der Waals surface area contributed by atoms with Crippen molar-refractivity contribution >= 4 is 5.97 Å². The molecule has 4 fully saturated rings. The van der Waals surface area contributed by atoms with Crippen LogP contribution in [0.1, 0.15) is 46.0 Å². The van der Waals surface area contributed by atoms with Gasteiger partial charge in [-0.05, 0) is 37.5 Å². The molecule has 0 heterocycles. The highest BCUT2D eigenvalue weighted by molar-refractivity contribution is 5.72. The van der Waals surface area contributed by atoms with Crippen LogP contribution < -0.4 is 0 Å². The fourth-order valence-electron chi connectivity index (χ4n) is 4.23. The summed E-state index contributed by atoms with van der Waals surface area (Å²) < 4.78 is 5.70. The number of carbonyl (C=O) groups excluding carboxylic acids is 1. The van der Waals surface area contributed by atoms with Gasteiger partial charge in [-0.25, -0.2) is 0 Å². The minimum absolute atomic E-state index is 0.0682. The van der Waals surface area contributed by atoms with Crippen LogP contribution in [-0.4, -0.2) is 22.3 Å². The number of hydrogen-bond acceptors (Lipinski definition) is 3. The SMILES string of the molecule is CC(C)C(=O)OC12CC3CC(C1)C(O)(C3)C2. The molecule has 3 heteroatoms.